The van der Waals surface area contributed by atoms with Crippen LogP contribution in [0.25, 0.3) is 0 Å². The van der Waals surface area contributed by atoms with Gasteiger partial charge < -0.3 is 29.6 Å². The van der Waals surface area contributed by atoms with Crippen LogP contribution in [0.3, 0.4) is 0 Å². The smallest absolute Gasteiger partial charge is 0.315 e. The summed E-state index contributed by atoms with van der Waals surface area (Å²) in [4.78, 5) is 16.7. The Labute approximate surface area is 183 Å². The molecule has 0 spiro atoms. The maximum Gasteiger partial charge on any atom is 0.315 e. The van der Waals surface area contributed by atoms with Gasteiger partial charge in [-0.1, -0.05) is 6.07 Å². The predicted octanol–water partition coefficient (Wildman–Crippen LogP) is 3.82. The number of hydrogen-bond donors (Lipinski definition) is 2. The summed E-state index contributed by atoms with van der Waals surface area (Å²) in [7, 11) is 3.14. The van der Waals surface area contributed by atoms with Crippen LogP contribution in [0.1, 0.15) is 43.7 Å². The Morgan fingerprint density at radius 3 is 2.42 bits per heavy atom. The van der Waals surface area contributed by atoms with Crippen molar-refractivity contribution < 1.29 is 23.7 Å². The molecule has 0 atom stereocenters. The number of carbonyl (C=O) groups is 1. The summed E-state index contributed by atoms with van der Waals surface area (Å²) in [6.07, 6.45) is 6.41. The maximum absolute atomic E-state index is 12.4. The first-order chi connectivity index (χ1) is 15.1. The molecule has 1 aliphatic carbocycles. The number of amides is 2. The topological polar surface area (TPSA) is 90.9 Å². The normalized spacial score (nSPS) is 13.5. The van der Waals surface area contributed by atoms with E-state index in [-0.39, 0.29) is 12.1 Å². The summed E-state index contributed by atoms with van der Waals surface area (Å²) < 4.78 is 22.5. The summed E-state index contributed by atoms with van der Waals surface area (Å²) in [6, 6.07) is 7.11. The van der Waals surface area contributed by atoms with E-state index in [9.17, 15) is 4.79 Å². The second kappa shape index (κ2) is 11.3. The monoisotopic (exact) mass is 429 g/mol. The third-order valence-electron chi connectivity index (χ3n) is 5.13. The van der Waals surface area contributed by atoms with E-state index in [1.54, 1.807) is 20.4 Å². The molecule has 1 saturated carbocycles. The van der Waals surface area contributed by atoms with Crippen molar-refractivity contribution in [3.63, 3.8) is 0 Å². The molecule has 1 aliphatic rings. The molecule has 1 aromatic heterocycles. The van der Waals surface area contributed by atoms with E-state index >= 15 is 0 Å². The minimum Gasteiger partial charge on any atom is -0.493 e. The van der Waals surface area contributed by atoms with E-state index in [4.69, 9.17) is 18.9 Å². The second-order valence-electron chi connectivity index (χ2n) is 7.29. The van der Waals surface area contributed by atoms with E-state index in [1.807, 2.05) is 31.2 Å². The molecule has 1 heterocycles. The van der Waals surface area contributed by atoms with Gasteiger partial charge in [0.1, 0.15) is 6.10 Å². The lowest BCUT2D eigenvalue weighted by Crippen LogP contribution is -2.34. The van der Waals surface area contributed by atoms with Crippen LogP contribution in [0.4, 0.5) is 4.79 Å². The Balaban J connectivity index is 1.56. The molecule has 2 N–H and O–H groups in total. The van der Waals surface area contributed by atoms with Crippen molar-refractivity contribution in [1.82, 2.24) is 15.6 Å². The Morgan fingerprint density at radius 2 is 1.77 bits per heavy atom. The van der Waals surface area contributed by atoms with Crippen molar-refractivity contribution in [2.45, 2.75) is 51.8 Å². The lowest BCUT2D eigenvalue weighted by atomic mass is 10.2. The summed E-state index contributed by atoms with van der Waals surface area (Å²) in [6.45, 7) is 3.03. The molecule has 2 amide bonds. The van der Waals surface area contributed by atoms with Gasteiger partial charge in [-0.15, -0.1) is 0 Å². The highest BCUT2D eigenvalue weighted by Gasteiger charge is 2.19. The Hall–Kier alpha value is -3.16. The zero-order valence-corrected chi connectivity index (χ0v) is 18.4. The van der Waals surface area contributed by atoms with E-state index in [2.05, 4.69) is 15.6 Å². The number of methoxy groups -OCH3 is 2. The predicted molar refractivity (Wildman–Crippen MR) is 117 cm³/mol. The molecule has 2 aromatic rings. The molecule has 0 aliphatic heterocycles. The minimum absolute atomic E-state index is 0.215. The number of nitrogens with zero attached hydrogens (tertiary/aromatic N) is 1. The number of nitrogens with one attached hydrogen (secondary N) is 2. The van der Waals surface area contributed by atoms with Gasteiger partial charge in [-0.05, 0) is 56.4 Å². The van der Waals surface area contributed by atoms with Gasteiger partial charge in [-0.3, -0.25) is 0 Å². The third-order valence-corrected chi connectivity index (χ3v) is 5.13. The van der Waals surface area contributed by atoms with Crippen molar-refractivity contribution in [2.75, 3.05) is 20.8 Å². The number of aromatic nitrogens is 1. The van der Waals surface area contributed by atoms with Crippen LogP contribution >= 0.6 is 0 Å². The van der Waals surface area contributed by atoms with Gasteiger partial charge in [0, 0.05) is 24.8 Å². The fraction of sp³-hybridized carbons (Fsp3) is 0.478. The van der Waals surface area contributed by atoms with Crippen LogP contribution in [0.2, 0.25) is 0 Å². The molecule has 1 aromatic carbocycles. The molecule has 0 saturated heterocycles. The zero-order chi connectivity index (χ0) is 22.1. The van der Waals surface area contributed by atoms with Gasteiger partial charge in [0.2, 0.25) is 11.6 Å². The van der Waals surface area contributed by atoms with Crippen molar-refractivity contribution in [3.8, 4) is 23.1 Å². The average Bonchev–Trinajstić information content (AvgIpc) is 3.30. The highest BCUT2D eigenvalue weighted by Crippen LogP contribution is 2.38. The van der Waals surface area contributed by atoms with E-state index < -0.39 is 0 Å². The van der Waals surface area contributed by atoms with E-state index in [0.717, 1.165) is 24.0 Å². The molecular weight excluding hydrogens is 398 g/mol. The van der Waals surface area contributed by atoms with E-state index in [1.165, 1.54) is 12.8 Å². The van der Waals surface area contributed by atoms with Gasteiger partial charge in [-0.25, -0.2) is 9.78 Å². The van der Waals surface area contributed by atoms with Crippen molar-refractivity contribution in [3.05, 3.63) is 41.6 Å². The standard InChI is InChI=1S/C23H31N3O5/c1-4-30-21-19(28-2)12-16(13-20(21)29-3)14-25-23(27)26-15-17-8-7-11-24-22(17)31-18-9-5-6-10-18/h7-8,11-13,18H,4-6,9-10,14-15H2,1-3H3,(H2,25,26,27). The molecule has 31 heavy (non-hydrogen) atoms. The van der Waals surface area contributed by atoms with Gasteiger partial charge in [0.25, 0.3) is 0 Å². The van der Waals surface area contributed by atoms with Crippen LogP contribution < -0.4 is 29.6 Å². The lowest BCUT2D eigenvalue weighted by molar-refractivity contribution is 0.198. The number of carbonyl (C=O) groups excluding carboxylic acids is 1. The molecular formula is C23H31N3O5. The zero-order valence-electron chi connectivity index (χ0n) is 18.4. The highest BCUT2D eigenvalue weighted by atomic mass is 16.5. The number of hydrogen-bond acceptors (Lipinski definition) is 6. The van der Waals surface area contributed by atoms with Crippen LogP contribution in [-0.2, 0) is 13.1 Å². The minimum atomic E-state index is -0.289. The SMILES string of the molecule is CCOc1c(OC)cc(CNC(=O)NCc2cccnc2OC2CCCC2)cc1OC. The number of pyridine rings is 1. The highest BCUT2D eigenvalue weighted by molar-refractivity contribution is 5.74. The van der Waals surface area contributed by atoms with Crippen molar-refractivity contribution >= 4 is 6.03 Å². The average molecular weight is 430 g/mol. The number of ether oxygens (including phenoxy) is 4. The molecule has 168 valence electrons. The van der Waals surface area contributed by atoms with Crippen LogP contribution in [0, 0.1) is 0 Å². The van der Waals surface area contributed by atoms with Crippen LogP contribution in [0.15, 0.2) is 30.5 Å². The Morgan fingerprint density at radius 1 is 1.10 bits per heavy atom. The summed E-state index contributed by atoms with van der Waals surface area (Å²) >= 11 is 0. The Kier molecular flexibility index (Phi) is 8.20. The van der Waals surface area contributed by atoms with Gasteiger partial charge >= 0.3 is 6.03 Å². The number of benzene rings is 1. The summed E-state index contributed by atoms with van der Waals surface area (Å²) in [5.41, 5.74) is 1.69. The van der Waals surface area contributed by atoms with Crippen LogP contribution in [0.5, 0.6) is 23.1 Å². The largest absolute Gasteiger partial charge is 0.493 e. The Bertz CT molecular complexity index is 843. The number of urea groups is 1. The molecule has 3 rings (SSSR count). The molecule has 0 unspecified atom stereocenters. The summed E-state index contributed by atoms with van der Waals surface area (Å²) in [5, 5.41) is 5.72. The maximum atomic E-state index is 12.4. The van der Waals surface area contributed by atoms with Crippen LogP contribution in [-0.4, -0.2) is 37.9 Å². The fourth-order valence-electron chi connectivity index (χ4n) is 3.57. The first-order valence-corrected chi connectivity index (χ1v) is 10.6. The first-order valence-electron chi connectivity index (χ1n) is 10.6. The van der Waals surface area contributed by atoms with Gasteiger partial charge in [0.15, 0.2) is 11.5 Å². The molecule has 0 bridgehead atoms. The molecule has 8 nitrogen and oxygen atoms in total. The molecule has 0 radical (unpaired) electrons. The fourth-order valence-corrected chi connectivity index (χ4v) is 3.57. The lowest BCUT2D eigenvalue weighted by Gasteiger charge is -2.16. The van der Waals surface area contributed by atoms with Crippen molar-refractivity contribution in [2.24, 2.45) is 0 Å². The van der Waals surface area contributed by atoms with Gasteiger partial charge in [-0.2, -0.15) is 0 Å². The van der Waals surface area contributed by atoms with Gasteiger partial charge in [0.05, 0.1) is 20.8 Å². The van der Waals surface area contributed by atoms with E-state index in [0.29, 0.717) is 42.8 Å². The number of rotatable bonds is 10. The molecule has 8 heteroatoms. The summed E-state index contributed by atoms with van der Waals surface area (Å²) in [5.74, 6) is 2.26. The van der Waals surface area contributed by atoms with Crippen molar-refractivity contribution in [1.29, 1.82) is 0 Å². The molecule has 1 fully saturated rings. The quantitative estimate of drug-likeness (QED) is 0.597. The first kappa shape index (κ1) is 22.5. The third kappa shape index (κ3) is 6.16. The second-order valence-corrected chi connectivity index (χ2v) is 7.29.